The topological polar surface area (TPSA) is 509 Å². The first-order valence-electron chi connectivity index (χ1n) is 39.1. The van der Waals surface area contributed by atoms with E-state index in [0.717, 1.165) is 32.6 Å². The Balaban J connectivity index is 1.33. The van der Waals surface area contributed by atoms with Crippen molar-refractivity contribution in [3.63, 3.8) is 0 Å². The van der Waals surface area contributed by atoms with Crippen LogP contribution in [0.15, 0.2) is 97.6 Å². The number of unbranched alkanes of at least 4 members (excludes halogenated alkanes) is 13. The molecule has 0 aliphatic rings. The average Bonchev–Trinajstić information content (AvgIpc) is 1.78. The first-order chi connectivity index (χ1) is 53.5. The summed E-state index contributed by atoms with van der Waals surface area (Å²) in [5, 5.41) is 81.2. The van der Waals surface area contributed by atoms with Gasteiger partial charge >= 0.3 is 5.97 Å². The Morgan fingerprint density at radius 3 is 1.44 bits per heavy atom. The Kier molecular flexibility index (Phi) is 40.5. The van der Waals surface area contributed by atoms with Crippen LogP contribution in [0, 0.1) is 5.92 Å². The number of fused-ring (bicyclic) bond motifs is 1. The molecule has 13 atom stereocenters. The monoisotopic (exact) mass is 1560 g/mol. The van der Waals surface area contributed by atoms with Crippen molar-refractivity contribution in [2.75, 3.05) is 13.2 Å². The number of carboxylic acids is 1. The Hall–Kier alpha value is -10.3. The van der Waals surface area contributed by atoms with Crippen molar-refractivity contribution in [2.24, 2.45) is 11.7 Å². The van der Waals surface area contributed by atoms with Gasteiger partial charge in [-0.2, -0.15) is 0 Å². The molecule has 0 unspecified atom stereocenters. The molecule has 2 heterocycles. The Morgan fingerprint density at radius 1 is 0.446 bits per heavy atom. The van der Waals surface area contributed by atoms with E-state index in [1.807, 2.05) is 13.8 Å². The summed E-state index contributed by atoms with van der Waals surface area (Å²) in [6, 6.07) is 4.21. The molecular formula is C80H119N15O17. The van der Waals surface area contributed by atoms with Crippen LogP contribution in [0.3, 0.4) is 0 Å². The summed E-state index contributed by atoms with van der Waals surface area (Å²) >= 11 is 0. The molecule has 0 saturated heterocycles. The number of benzene rings is 3. The van der Waals surface area contributed by atoms with Crippen LogP contribution in [-0.4, -0.2) is 203 Å². The maximum absolute atomic E-state index is 15.0. The molecule has 0 aliphatic carbocycles. The summed E-state index contributed by atoms with van der Waals surface area (Å²) in [6.45, 7) is 10.0. The number of imidazole rings is 1. The molecule has 2 aromatic heterocycles. The average molecular weight is 1560 g/mol. The molecule has 0 aliphatic heterocycles. The number of amides is 11. The number of carbonyl (C=O) groups is 12. The van der Waals surface area contributed by atoms with Crippen LogP contribution in [-0.2, 0) is 83.2 Å². The van der Waals surface area contributed by atoms with E-state index in [9.17, 15) is 83.1 Å². The van der Waals surface area contributed by atoms with Crippen molar-refractivity contribution in [1.29, 1.82) is 0 Å². The number of para-hydroxylation sites is 1. The van der Waals surface area contributed by atoms with Crippen LogP contribution >= 0.6 is 0 Å². The second-order valence-corrected chi connectivity index (χ2v) is 29.2. The van der Waals surface area contributed by atoms with Gasteiger partial charge in [-0.05, 0) is 107 Å². The smallest absolute Gasteiger partial charge is 0.325 e. The molecular weight excluding hydrogens is 1440 g/mol. The molecule has 0 saturated carbocycles. The number of nitrogens with one attached hydrogen (secondary N) is 13. The largest absolute Gasteiger partial charge is 0.508 e. The zero-order valence-electron chi connectivity index (χ0n) is 65.5. The number of rotatable bonds is 53. The molecule has 32 nitrogen and oxygen atoms in total. The van der Waals surface area contributed by atoms with E-state index in [0.29, 0.717) is 46.9 Å². The molecule has 616 valence electrons. The Labute approximate surface area is 654 Å². The van der Waals surface area contributed by atoms with Crippen molar-refractivity contribution >= 4 is 81.9 Å². The lowest BCUT2D eigenvalue weighted by molar-refractivity contribution is -0.142. The van der Waals surface area contributed by atoms with Gasteiger partial charge in [-0.25, -0.2) is 4.98 Å². The van der Waals surface area contributed by atoms with Gasteiger partial charge in [-0.3, -0.25) is 57.5 Å². The van der Waals surface area contributed by atoms with Crippen molar-refractivity contribution in [1.82, 2.24) is 73.4 Å². The van der Waals surface area contributed by atoms with E-state index in [1.54, 1.807) is 60.8 Å². The predicted molar refractivity (Wildman–Crippen MR) is 420 cm³/mol. The van der Waals surface area contributed by atoms with E-state index in [-0.39, 0.29) is 74.8 Å². The zero-order chi connectivity index (χ0) is 82.2. The van der Waals surface area contributed by atoms with E-state index < -0.39 is 150 Å². The number of hydrogen-bond donors (Lipinski definition) is 19. The number of carbonyl (C=O) groups excluding carboxylic acids is 11. The van der Waals surface area contributed by atoms with Gasteiger partial charge in [-0.15, -0.1) is 0 Å². The molecule has 0 bridgehead atoms. The predicted octanol–water partition coefficient (Wildman–Crippen LogP) is 2.73. The van der Waals surface area contributed by atoms with Crippen molar-refractivity contribution < 1.29 is 83.1 Å². The summed E-state index contributed by atoms with van der Waals surface area (Å²) in [5.74, 6) is -11.7. The molecule has 0 radical (unpaired) electrons. The molecule has 112 heavy (non-hydrogen) atoms. The standard InChI is InChI=1S/C80H119N15O17/c1-8-9-10-11-12-13-14-15-16-17-18-19-23-33-67(100)87-61(39-48(2)3)75(106)94-68(51(6)97)78(109)92-62(41-54-34-36-57(99)37-35-54)72(103)85-49(4)70(101)89-64(42-55-44-83-59-31-25-24-30-58(55)59)74(105)91-65(43-56-45-82-47-84-56)76(107)95-69(52(7)98)79(110)93-66(46-96)77(108)90-63(40-53-28-21-20-22-29-53)73(104)88-60(32-26-27-38-81)71(102)86-50(5)80(111)112/h20-22,24-25,28-31,34-37,44-45,47-52,60-66,68-69,83,96-99H,8-19,23,26-27,32-33,38-43,46,81H2,1-7H3,(H,82,84)(H,85,103)(H,86,102)(H,87,100)(H,88,104)(H,89,101)(H,90,108)(H,91,105)(H,92,109)(H,93,110)(H,94,106)(H,95,107)(H,111,112)/t49-,50-,51+,52+,60-,61-,62-,63-,64-,65-,66-,68-,69-/m0/s1. The zero-order valence-corrected chi connectivity index (χ0v) is 65.5. The summed E-state index contributed by atoms with van der Waals surface area (Å²) in [4.78, 5) is 178. The fourth-order valence-electron chi connectivity index (χ4n) is 12.6. The maximum atomic E-state index is 15.0. The highest BCUT2D eigenvalue weighted by Gasteiger charge is 2.38. The van der Waals surface area contributed by atoms with Gasteiger partial charge in [0.25, 0.3) is 0 Å². The number of aliphatic hydroxyl groups is 3. The number of phenols is 1. The summed E-state index contributed by atoms with van der Waals surface area (Å²) in [6.07, 6.45) is 15.8. The minimum atomic E-state index is -1.92. The van der Waals surface area contributed by atoms with Crippen LogP contribution < -0.4 is 64.2 Å². The molecule has 0 fully saturated rings. The van der Waals surface area contributed by atoms with Gasteiger partial charge < -0.3 is 99.7 Å². The molecule has 5 rings (SSSR count). The normalized spacial score (nSPS) is 14.8. The fourth-order valence-corrected chi connectivity index (χ4v) is 12.6. The van der Waals surface area contributed by atoms with Crippen LogP contribution in [0.2, 0.25) is 0 Å². The lowest BCUT2D eigenvalue weighted by Gasteiger charge is -2.28. The molecule has 32 heteroatoms. The van der Waals surface area contributed by atoms with Gasteiger partial charge in [0.15, 0.2) is 0 Å². The van der Waals surface area contributed by atoms with Gasteiger partial charge in [0.2, 0.25) is 65.0 Å². The number of nitrogens with two attached hydrogens (primary N) is 1. The van der Waals surface area contributed by atoms with Crippen molar-refractivity contribution in [2.45, 2.75) is 268 Å². The molecule has 3 aromatic carbocycles. The highest BCUT2D eigenvalue weighted by atomic mass is 16.4. The van der Waals surface area contributed by atoms with E-state index in [4.69, 9.17) is 5.73 Å². The third kappa shape index (κ3) is 32.6. The van der Waals surface area contributed by atoms with E-state index in [1.165, 1.54) is 109 Å². The quantitative estimate of drug-likeness (QED) is 0.0249. The molecule has 11 amide bonds. The SMILES string of the molecule is CCCCCCCCCCCCCCCC(=O)N[C@@H](CC(C)C)C(=O)N[C@H](C(=O)N[C@@H](Cc1ccc(O)cc1)C(=O)N[C@@H](C)C(=O)N[C@@H](Cc1c[nH]c2ccccc12)C(=O)N[C@@H](Cc1cnc[nH]1)C(=O)N[C@H](C(=O)N[C@@H](CO)C(=O)N[C@@H](Cc1ccccc1)C(=O)N[C@@H](CCCCN)C(=O)N[C@@H](C)C(=O)O)[C@@H](C)O)[C@@H](C)O. The number of H-pyrrole nitrogens is 2. The second-order valence-electron chi connectivity index (χ2n) is 29.2. The van der Waals surface area contributed by atoms with Crippen LogP contribution in [0.4, 0.5) is 0 Å². The highest BCUT2D eigenvalue weighted by molar-refractivity contribution is 6.00. The minimum absolute atomic E-state index is 0.0330. The number of aliphatic hydroxyl groups excluding tert-OH is 3. The third-order valence-corrected chi connectivity index (χ3v) is 19.1. The minimum Gasteiger partial charge on any atom is -0.508 e. The number of nitrogens with zero attached hydrogens (tertiary/aromatic N) is 1. The molecule has 20 N–H and O–H groups in total. The number of hydrogen-bond acceptors (Lipinski definition) is 18. The highest BCUT2D eigenvalue weighted by Crippen LogP contribution is 2.21. The Bertz CT molecular complexity index is 3780. The van der Waals surface area contributed by atoms with Crippen LogP contribution in [0.5, 0.6) is 5.75 Å². The van der Waals surface area contributed by atoms with Crippen LogP contribution in [0.25, 0.3) is 10.9 Å². The summed E-state index contributed by atoms with van der Waals surface area (Å²) < 4.78 is 0. The van der Waals surface area contributed by atoms with Crippen molar-refractivity contribution in [3.8, 4) is 5.75 Å². The van der Waals surface area contributed by atoms with E-state index in [2.05, 4.69) is 80.4 Å². The van der Waals surface area contributed by atoms with Gasteiger partial charge in [-0.1, -0.05) is 158 Å². The maximum Gasteiger partial charge on any atom is 0.325 e. The number of aromatic nitrogens is 3. The van der Waals surface area contributed by atoms with Gasteiger partial charge in [0.1, 0.15) is 72.2 Å². The number of aromatic amines is 2. The summed E-state index contributed by atoms with van der Waals surface area (Å²) in [5.41, 5.74) is 8.09. The van der Waals surface area contributed by atoms with Gasteiger partial charge in [0.05, 0.1) is 25.1 Å². The molecule has 0 spiro atoms. The first-order valence-corrected chi connectivity index (χ1v) is 39.1. The van der Waals surface area contributed by atoms with E-state index >= 15 is 0 Å². The number of phenolic OH excluding ortho intramolecular Hbond substituents is 1. The van der Waals surface area contributed by atoms with Crippen molar-refractivity contribution in [3.05, 3.63) is 120 Å². The second kappa shape index (κ2) is 49.1. The molecule has 5 aromatic rings. The lowest BCUT2D eigenvalue weighted by atomic mass is 10.0. The Morgan fingerprint density at radius 2 is 0.902 bits per heavy atom. The number of aromatic hydroxyl groups is 1. The third-order valence-electron chi connectivity index (χ3n) is 19.1. The number of carboxylic acid groups (broad SMARTS) is 1. The summed E-state index contributed by atoms with van der Waals surface area (Å²) in [7, 11) is 0. The lowest BCUT2D eigenvalue weighted by Crippen LogP contribution is -2.63. The van der Waals surface area contributed by atoms with Crippen LogP contribution in [0.1, 0.15) is 186 Å². The number of aliphatic carboxylic acids is 1. The fraction of sp³-hybridized carbons (Fsp3) is 0.562. The van der Waals surface area contributed by atoms with Gasteiger partial charge in [0, 0.05) is 61.1 Å². The first kappa shape index (κ1) is 92.3.